The van der Waals surface area contributed by atoms with Crippen molar-refractivity contribution in [2.45, 2.75) is 6.92 Å². The van der Waals surface area contributed by atoms with E-state index in [9.17, 15) is 24.5 Å². The van der Waals surface area contributed by atoms with Crippen molar-refractivity contribution in [3.63, 3.8) is 0 Å². The Morgan fingerprint density at radius 2 is 1.88 bits per heavy atom. The predicted molar refractivity (Wildman–Crippen MR) is 96.2 cm³/mol. The number of anilines is 1. The minimum absolute atomic E-state index is 0.0585. The summed E-state index contributed by atoms with van der Waals surface area (Å²) < 4.78 is 5.08. The monoisotopic (exact) mass is 420 g/mol. The number of ether oxygens (including phenoxy) is 1. The molecule has 8 nitrogen and oxygen atoms in total. The molecule has 9 heteroatoms. The normalized spacial score (nSPS) is 10.1. The van der Waals surface area contributed by atoms with Crippen LogP contribution in [0.25, 0.3) is 0 Å². The van der Waals surface area contributed by atoms with E-state index < -0.39 is 23.4 Å². The van der Waals surface area contributed by atoms with Gasteiger partial charge in [-0.3, -0.25) is 19.7 Å². The number of nitro benzene ring substituents is 1. The molecule has 2 aromatic rings. The highest BCUT2D eigenvalue weighted by atomic mass is 79.9. The van der Waals surface area contributed by atoms with Crippen molar-refractivity contribution in [2.24, 2.45) is 0 Å². The number of para-hydroxylation sites is 1. The number of hydrogen-bond acceptors (Lipinski definition) is 6. The predicted octanol–water partition coefficient (Wildman–Crippen LogP) is 3.36. The summed E-state index contributed by atoms with van der Waals surface area (Å²) >= 11 is 3.01. The zero-order chi connectivity index (χ0) is 19.3. The van der Waals surface area contributed by atoms with E-state index in [1.165, 1.54) is 19.1 Å². The zero-order valence-corrected chi connectivity index (χ0v) is 15.1. The molecule has 134 valence electrons. The summed E-state index contributed by atoms with van der Waals surface area (Å²) in [4.78, 5) is 45.7. The van der Waals surface area contributed by atoms with Crippen molar-refractivity contribution >= 4 is 45.0 Å². The van der Waals surface area contributed by atoms with Crippen molar-refractivity contribution in [3.05, 3.63) is 68.2 Å². The van der Waals surface area contributed by atoms with Crippen molar-refractivity contribution in [1.29, 1.82) is 0 Å². The number of halogens is 1. The second-order valence-corrected chi connectivity index (χ2v) is 6.00. The van der Waals surface area contributed by atoms with Gasteiger partial charge in [0.05, 0.1) is 20.6 Å². The highest BCUT2D eigenvalue weighted by molar-refractivity contribution is 9.10. The molecule has 2 aromatic carbocycles. The minimum atomic E-state index is -0.879. The summed E-state index contributed by atoms with van der Waals surface area (Å²) in [5.74, 6) is -1.74. The number of carbonyl (C=O) groups is 3. The number of esters is 1. The summed E-state index contributed by atoms with van der Waals surface area (Å²) in [6.45, 7) is 0.764. The molecule has 0 unspecified atom stereocenters. The lowest BCUT2D eigenvalue weighted by molar-refractivity contribution is -0.385. The first-order chi connectivity index (χ1) is 12.3. The summed E-state index contributed by atoms with van der Waals surface area (Å²) in [5, 5.41) is 13.4. The van der Waals surface area contributed by atoms with Crippen LogP contribution in [0.3, 0.4) is 0 Å². The summed E-state index contributed by atoms with van der Waals surface area (Å²) in [5.41, 5.74) is 0.284. The molecule has 26 heavy (non-hydrogen) atoms. The quantitative estimate of drug-likeness (QED) is 0.331. The van der Waals surface area contributed by atoms with Gasteiger partial charge in [0.15, 0.2) is 12.4 Å². The number of Topliss-reactive ketones (excluding diaryl/α,β-unsaturated/α-hetero) is 1. The summed E-state index contributed by atoms with van der Waals surface area (Å²) in [6.07, 6.45) is 0. The number of nitro groups is 1. The van der Waals surface area contributed by atoms with Gasteiger partial charge in [-0.1, -0.05) is 12.1 Å². The topological polar surface area (TPSA) is 116 Å². The molecule has 0 aliphatic carbocycles. The fourth-order valence-electron chi connectivity index (χ4n) is 2.08. The molecule has 0 aliphatic heterocycles. The molecule has 0 saturated heterocycles. The van der Waals surface area contributed by atoms with Crippen LogP contribution in [0.1, 0.15) is 27.6 Å². The van der Waals surface area contributed by atoms with Crippen LogP contribution in [0, 0.1) is 10.1 Å². The largest absolute Gasteiger partial charge is 0.452 e. The number of carbonyl (C=O) groups excluding carboxylic acids is 3. The zero-order valence-electron chi connectivity index (χ0n) is 13.5. The van der Waals surface area contributed by atoms with Gasteiger partial charge < -0.3 is 10.1 Å². The molecule has 0 fully saturated rings. The van der Waals surface area contributed by atoms with Gasteiger partial charge in [0.1, 0.15) is 0 Å². The van der Waals surface area contributed by atoms with Crippen molar-refractivity contribution in [1.82, 2.24) is 0 Å². The Kier molecular flexibility index (Phi) is 6.18. The van der Waals surface area contributed by atoms with E-state index >= 15 is 0 Å². The fraction of sp³-hybridized carbons (Fsp3) is 0.118. The lowest BCUT2D eigenvalue weighted by atomic mass is 10.1. The Morgan fingerprint density at radius 1 is 1.19 bits per heavy atom. The average molecular weight is 421 g/mol. The lowest BCUT2D eigenvalue weighted by Crippen LogP contribution is -2.22. The standard InChI is InChI=1S/C17H13BrN2O6/c1-10(21)12-4-2-3-5-14(12)19-16(22)9-26-17(23)11-6-7-13(18)15(8-11)20(24)25/h2-8H,9H2,1H3,(H,19,22). The maximum atomic E-state index is 12.0. The third-order valence-electron chi connectivity index (χ3n) is 3.29. The van der Waals surface area contributed by atoms with Gasteiger partial charge in [-0.05, 0) is 47.1 Å². The number of benzene rings is 2. The highest BCUT2D eigenvalue weighted by Gasteiger charge is 2.18. The Labute approximate surface area is 156 Å². The molecule has 0 radical (unpaired) electrons. The van der Waals surface area contributed by atoms with Gasteiger partial charge >= 0.3 is 5.97 Å². The molecule has 0 saturated carbocycles. The molecule has 2 rings (SSSR count). The second-order valence-electron chi connectivity index (χ2n) is 5.15. The maximum absolute atomic E-state index is 12.0. The Balaban J connectivity index is 2.02. The van der Waals surface area contributed by atoms with Crippen LogP contribution in [0.5, 0.6) is 0 Å². The highest BCUT2D eigenvalue weighted by Crippen LogP contribution is 2.25. The number of ketones is 1. The minimum Gasteiger partial charge on any atom is -0.452 e. The van der Waals surface area contributed by atoms with Gasteiger partial charge in [-0.25, -0.2) is 4.79 Å². The third-order valence-corrected chi connectivity index (χ3v) is 3.96. The van der Waals surface area contributed by atoms with Crippen LogP contribution in [-0.2, 0) is 9.53 Å². The summed E-state index contributed by atoms with van der Waals surface area (Å²) in [7, 11) is 0. The lowest BCUT2D eigenvalue weighted by Gasteiger charge is -2.09. The van der Waals surface area contributed by atoms with Crippen LogP contribution < -0.4 is 5.32 Å². The van der Waals surface area contributed by atoms with Crippen molar-refractivity contribution in [3.8, 4) is 0 Å². The molecule has 0 heterocycles. The van der Waals surface area contributed by atoms with Crippen LogP contribution in [0.15, 0.2) is 46.9 Å². The van der Waals surface area contributed by atoms with E-state index in [1.807, 2.05) is 0 Å². The number of amides is 1. The molecular formula is C17H13BrN2O6. The first-order valence-corrected chi connectivity index (χ1v) is 8.09. The molecular weight excluding hydrogens is 408 g/mol. The molecule has 0 bridgehead atoms. The van der Waals surface area contributed by atoms with E-state index in [4.69, 9.17) is 4.74 Å². The maximum Gasteiger partial charge on any atom is 0.338 e. The molecule has 0 aliphatic rings. The van der Waals surface area contributed by atoms with Gasteiger partial charge in [-0.15, -0.1) is 0 Å². The Bertz CT molecular complexity index is 897. The van der Waals surface area contributed by atoms with E-state index in [0.29, 0.717) is 11.3 Å². The van der Waals surface area contributed by atoms with E-state index in [-0.39, 0.29) is 21.5 Å². The average Bonchev–Trinajstić information content (AvgIpc) is 2.60. The van der Waals surface area contributed by atoms with E-state index in [1.54, 1.807) is 24.3 Å². The van der Waals surface area contributed by atoms with Crippen LogP contribution >= 0.6 is 15.9 Å². The number of hydrogen-bond donors (Lipinski definition) is 1. The fourth-order valence-corrected chi connectivity index (χ4v) is 2.47. The van der Waals surface area contributed by atoms with Crippen LogP contribution in [0.4, 0.5) is 11.4 Å². The van der Waals surface area contributed by atoms with Crippen LogP contribution in [-0.4, -0.2) is 29.2 Å². The van der Waals surface area contributed by atoms with Crippen molar-refractivity contribution < 1.29 is 24.0 Å². The van der Waals surface area contributed by atoms with E-state index in [2.05, 4.69) is 21.2 Å². The first kappa shape index (κ1) is 19.3. The number of nitrogens with one attached hydrogen (secondary N) is 1. The van der Waals surface area contributed by atoms with Gasteiger partial charge in [0, 0.05) is 11.6 Å². The SMILES string of the molecule is CC(=O)c1ccccc1NC(=O)COC(=O)c1ccc(Br)c([N+](=O)[O-])c1. The molecule has 0 aromatic heterocycles. The van der Waals surface area contributed by atoms with E-state index in [0.717, 1.165) is 6.07 Å². The van der Waals surface area contributed by atoms with Crippen molar-refractivity contribution in [2.75, 3.05) is 11.9 Å². The molecule has 0 spiro atoms. The smallest absolute Gasteiger partial charge is 0.338 e. The second kappa shape index (κ2) is 8.34. The van der Waals surface area contributed by atoms with Gasteiger partial charge in [-0.2, -0.15) is 0 Å². The molecule has 1 N–H and O–H groups in total. The Hall–Kier alpha value is -3.07. The number of rotatable bonds is 6. The van der Waals surface area contributed by atoms with Gasteiger partial charge in [0.25, 0.3) is 11.6 Å². The summed E-state index contributed by atoms with van der Waals surface area (Å²) in [6, 6.07) is 10.1. The third kappa shape index (κ3) is 4.73. The molecule has 0 atom stereocenters. The number of nitrogens with zero attached hydrogens (tertiary/aromatic N) is 1. The molecule has 1 amide bonds. The Morgan fingerprint density at radius 3 is 2.54 bits per heavy atom. The first-order valence-electron chi connectivity index (χ1n) is 7.30. The van der Waals surface area contributed by atoms with Crippen LogP contribution in [0.2, 0.25) is 0 Å². The van der Waals surface area contributed by atoms with Gasteiger partial charge in [0.2, 0.25) is 0 Å².